The number of aryl methyl sites for hydroxylation is 1. The number of carbonyl (C=O) groups excluding carboxylic acids is 1. The van der Waals surface area contributed by atoms with Crippen LogP contribution in [0.15, 0.2) is 24.3 Å². The van der Waals surface area contributed by atoms with Gasteiger partial charge in [-0.3, -0.25) is 10.1 Å². The highest BCUT2D eigenvalue weighted by molar-refractivity contribution is 7.99. The first kappa shape index (κ1) is 16.4. The molecule has 1 aromatic rings. The van der Waals surface area contributed by atoms with Gasteiger partial charge in [-0.1, -0.05) is 43.7 Å². The van der Waals surface area contributed by atoms with Gasteiger partial charge in [0.1, 0.15) is 6.17 Å². The van der Waals surface area contributed by atoms with Crippen LogP contribution in [0.25, 0.3) is 0 Å². The summed E-state index contributed by atoms with van der Waals surface area (Å²) >= 11 is 1.89. The lowest BCUT2D eigenvalue weighted by Gasteiger charge is -2.30. The Morgan fingerprint density at radius 3 is 2.76 bits per heavy atom. The molecule has 4 heteroatoms. The molecular formula is C17H26N2OS. The number of nitrogens with zero attached hydrogens (tertiary/aromatic N) is 1. The van der Waals surface area contributed by atoms with Crippen LogP contribution in [0.2, 0.25) is 0 Å². The van der Waals surface area contributed by atoms with Gasteiger partial charge in [-0.25, -0.2) is 0 Å². The predicted octanol–water partition coefficient (Wildman–Crippen LogP) is 3.35. The summed E-state index contributed by atoms with van der Waals surface area (Å²) < 4.78 is 0. The minimum Gasteiger partial charge on any atom is -0.318 e. The second kappa shape index (κ2) is 7.32. The van der Waals surface area contributed by atoms with E-state index in [1.165, 1.54) is 11.1 Å². The number of benzene rings is 1. The zero-order valence-corrected chi connectivity index (χ0v) is 14.2. The fourth-order valence-electron chi connectivity index (χ4n) is 2.88. The summed E-state index contributed by atoms with van der Waals surface area (Å²) in [6.45, 7) is 8.48. The first-order chi connectivity index (χ1) is 10.1. The van der Waals surface area contributed by atoms with E-state index in [-0.39, 0.29) is 24.2 Å². The standard InChI is InChI=1S/C17H26N2OS/c1-5-15-17(20)19(13(4)11-21-6-2)16(18-15)14-9-7-8-12(3)10-14/h7-10,13,15-16,18H,5-6,11H2,1-4H3. The lowest BCUT2D eigenvalue weighted by Crippen LogP contribution is -2.40. The van der Waals surface area contributed by atoms with Crippen molar-refractivity contribution in [3.05, 3.63) is 35.4 Å². The van der Waals surface area contributed by atoms with Gasteiger partial charge in [-0.15, -0.1) is 0 Å². The second-order valence-corrected chi connectivity index (χ2v) is 7.02. The molecule has 1 amide bonds. The summed E-state index contributed by atoms with van der Waals surface area (Å²) in [5.41, 5.74) is 2.42. The smallest absolute Gasteiger partial charge is 0.241 e. The average molecular weight is 306 g/mol. The fourth-order valence-corrected chi connectivity index (χ4v) is 3.62. The predicted molar refractivity (Wildman–Crippen MR) is 90.4 cm³/mol. The largest absolute Gasteiger partial charge is 0.318 e. The second-order valence-electron chi connectivity index (χ2n) is 5.70. The Labute approximate surface area is 132 Å². The SMILES string of the molecule is CCSCC(C)N1C(=O)C(CC)NC1c1cccc(C)c1. The molecule has 1 aromatic carbocycles. The molecule has 0 bridgehead atoms. The monoisotopic (exact) mass is 306 g/mol. The van der Waals surface area contributed by atoms with Gasteiger partial charge >= 0.3 is 0 Å². The third kappa shape index (κ3) is 3.61. The summed E-state index contributed by atoms with van der Waals surface area (Å²) in [5.74, 6) is 2.32. The van der Waals surface area contributed by atoms with E-state index >= 15 is 0 Å². The lowest BCUT2D eigenvalue weighted by atomic mass is 10.1. The maximum atomic E-state index is 12.7. The van der Waals surface area contributed by atoms with Crippen LogP contribution in [-0.2, 0) is 4.79 Å². The van der Waals surface area contributed by atoms with Gasteiger partial charge in [-0.2, -0.15) is 11.8 Å². The molecular weight excluding hydrogens is 280 g/mol. The molecule has 3 nitrogen and oxygen atoms in total. The molecule has 1 N–H and O–H groups in total. The van der Waals surface area contributed by atoms with Crippen molar-refractivity contribution in [1.82, 2.24) is 10.2 Å². The Morgan fingerprint density at radius 2 is 2.14 bits per heavy atom. The van der Waals surface area contributed by atoms with Crippen LogP contribution in [0.1, 0.15) is 44.5 Å². The fraction of sp³-hybridized carbons (Fsp3) is 0.588. The van der Waals surface area contributed by atoms with Gasteiger partial charge in [0, 0.05) is 11.8 Å². The first-order valence-corrected chi connectivity index (χ1v) is 8.96. The van der Waals surface area contributed by atoms with Crippen LogP contribution in [0, 0.1) is 6.92 Å². The molecule has 1 fully saturated rings. The number of hydrogen-bond acceptors (Lipinski definition) is 3. The van der Waals surface area contributed by atoms with Crippen molar-refractivity contribution in [1.29, 1.82) is 0 Å². The third-order valence-electron chi connectivity index (χ3n) is 3.99. The van der Waals surface area contributed by atoms with E-state index in [1.54, 1.807) is 0 Å². The summed E-state index contributed by atoms with van der Waals surface area (Å²) in [5, 5.41) is 3.51. The third-order valence-corrected chi connectivity index (χ3v) is 5.12. The Bertz CT molecular complexity index is 491. The van der Waals surface area contributed by atoms with E-state index in [9.17, 15) is 4.79 Å². The molecule has 116 valence electrons. The Kier molecular flexibility index (Phi) is 5.71. The number of nitrogens with one attached hydrogen (secondary N) is 1. The maximum absolute atomic E-state index is 12.7. The maximum Gasteiger partial charge on any atom is 0.241 e. The molecule has 1 aliphatic heterocycles. The zero-order chi connectivity index (χ0) is 15.4. The van der Waals surface area contributed by atoms with Crippen LogP contribution in [0.4, 0.5) is 0 Å². The van der Waals surface area contributed by atoms with E-state index in [4.69, 9.17) is 0 Å². The molecule has 2 rings (SSSR count). The highest BCUT2D eigenvalue weighted by Crippen LogP contribution is 2.30. The van der Waals surface area contributed by atoms with Crippen molar-refractivity contribution < 1.29 is 4.79 Å². The van der Waals surface area contributed by atoms with Crippen LogP contribution in [-0.4, -0.2) is 34.4 Å². The molecule has 21 heavy (non-hydrogen) atoms. The minimum atomic E-state index is -0.0513. The highest BCUT2D eigenvalue weighted by Gasteiger charge is 2.40. The zero-order valence-electron chi connectivity index (χ0n) is 13.4. The number of amides is 1. The minimum absolute atomic E-state index is 0.00908. The lowest BCUT2D eigenvalue weighted by molar-refractivity contribution is -0.131. The molecule has 0 aliphatic carbocycles. The van der Waals surface area contributed by atoms with Gasteiger partial charge in [0.25, 0.3) is 0 Å². The topological polar surface area (TPSA) is 32.3 Å². The van der Waals surface area contributed by atoms with Gasteiger partial charge < -0.3 is 4.90 Å². The quantitative estimate of drug-likeness (QED) is 0.875. The summed E-state index contributed by atoms with van der Waals surface area (Å²) in [4.78, 5) is 14.7. The van der Waals surface area contributed by atoms with Gasteiger partial charge in [0.2, 0.25) is 5.91 Å². The summed E-state index contributed by atoms with van der Waals surface area (Å²) in [6, 6.07) is 8.65. The molecule has 3 atom stereocenters. The average Bonchev–Trinajstić information content (AvgIpc) is 2.81. The van der Waals surface area contributed by atoms with Crippen LogP contribution in [0.5, 0.6) is 0 Å². The molecule has 0 aromatic heterocycles. The van der Waals surface area contributed by atoms with Crippen molar-refractivity contribution in [2.24, 2.45) is 0 Å². The van der Waals surface area contributed by atoms with Crippen LogP contribution < -0.4 is 5.32 Å². The van der Waals surface area contributed by atoms with Crippen LogP contribution >= 0.6 is 11.8 Å². The van der Waals surface area contributed by atoms with E-state index in [2.05, 4.69) is 57.3 Å². The van der Waals surface area contributed by atoms with E-state index in [0.29, 0.717) is 0 Å². The molecule has 0 spiro atoms. The van der Waals surface area contributed by atoms with Crippen molar-refractivity contribution in [2.75, 3.05) is 11.5 Å². The number of carbonyl (C=O) groups is 1. The summed E-state index contributed by atoms with van der Waals surface area (Å²) in [6.07, 6.45) is 0.848. The van der Waals surface area contributed by atoms with E-state index < -0.39 is 0 Å². The van der Waals surface area contributed by atoms with Crippen molar-refractivity contribution in [3.8, 4) is 0 Å². The van der Waals surface area contributed by atoms with Crippen LogP contribution in [0.3, 0.4) is 0 Å². The van der Waals surface area contributed by atoms with Gasteiger partial charge in [0.15, 0.2) is 0 Å². The Balaban J connectivity index is 2.26. The van der Waals surface area contributed by atoms with Crippen molar-refractivity contribution >= 4 is 17.7 Å². The van der Waals surface area contributed by atoms with Crippen molar-refractivity contribution in [2.45, 2.75) is 52.4 Å². The number of thioether (sulfide) groups is 1. The molecule has 1 saturated heterocycles. The van der Waals surface area contributed by atoms with Gasteiger partial charge in [0.05, 0.1) is 6.04 Å². The van der Waals surface area contributed by atoms with Gasteiger partial charge in [-0.05, 0) is 31.6 Å². The first-order valence-electron chi connectivity index (χ1n) is 7.81. The van der Waals surface area contributed by atoms with E-state index in [0.717, 1.165) is 17.9 Å². The highest BCUT2D eigenvalue weighted by atomic mass is 32.2. The number of rotatable bonds is 6. The van der Waals surface area contributed by atoms with E-state index in [1.807, 2.05) is 16.7 Å². The molecule has 1 heterocycles. The van der Waals surface area contributed by atoms with Crippen molar-refractivity contribution in [3.63, 3.8) is 0 Å². The summed E-state index contributed by atoms with van der Waals surface area (Å²) in [7, 11) is 0. The molecule has 3 unspecified atom stereocenters. The Hall–Kier alpha value is -1.00. The number of hydrogen-bond donors (Lipinski definition) is 1. The molecule has 0 saturated carbocycles. The Morgan fingerprint density at radius 1 is 1.38 bits per heavy atom. The molecule has 0 radical (unpaired) electrons. The molecule has 1 aliphatic rings. The normalized spacial score (nSPS) is 23.6.